The Morgan fingerprint density at radius 3 is 2.48 bits per heavy atom. The molecule has 0 unspecified atom stereocenters. The van der Waals surface area contributed by atoms with Gasteiger partial charge in [-0.15, -0.1) is 0 Å². The number of hydrogen-bond acceptors (Lipinski definition) is 4. The lowest BCUT2D eigenvalue weighted by Crippen LogP contribution is -2.37. The van der Waals surface area contributed by atoms with Crippen LogP contribution in [0.3, 0.4) is 0 Å². The van der Waals surface area contributed by atoms with Crippen molar-refractivity contribution in [1.82, 2.24) is 10.3 Å². The molecule has 0 spiro atoms. The van der Waals surface area contributed by atoms with Crippen LogP contribution in [-0.4, -0.2) is 29.0 Å². The highest BCUT2D eigenvalue weighted by atomic mass is 16.5. The van der Waals surface area contributed by atoms with Gasteiger partial charge < -0.3 is 10.1 Å². The number of rotatable bonds is 5. The number of ether oxygens (including phenoxy) is 1. The predicted octanol–water partition coefficient (Wildman–Crippen LogP) is 4.88. The smallest absolute Gasteiger partial charge is 0.339 e. The van der Waals surface area contributed by atoms with Gasteiger partial charge in [0.05, 0.1) is 16.8 Å². The van der Waals surface area contributed by atoms with E-state index in [2.05, 4.69) is 17.4 Å². The Kier molecular flexibility index (Phi) is 4.86. The van der Waals surface area contributed by atoms with E-state index in [4.69, 9.17) is 9.72 Å². The lowest BCUT2D eigenvalue weighted by atomic mass is 9.99. The molecule has 1 atom stereocenters. The second-order valence-electron chi connectivity index (χ2n) is 7.93. The molecule has 3 aromatic carbocycles. The minimum Gasteiger partial charge on any atom is -0.449 e. The highest BCUT2D eigenvalue weighted by Gasteiger charge is 2.28. The lowest BCUT2D eigenvalue weighted by Gasteiger charge is -2.15. The maximum absolute atomic E-state index is 13.1. The highest BCUT2D eigenvalue weighted by molar-refractivity contribution is 6.06. The molecule has 5 nitrogen and oxygen atoms in total. The van der Waals surface area contributed by atoms with Gasteiger partial charge in [0.2, 0.25) is 0 Å². The first-order valence-corrected chi connectivity index (χ1v) is 10.5. The van der Waals surface area contributed by atoms with Crippen LogP contribution in [0.1, 0.15) is 30.1 Å². The van der Waals surface area contributed by atoms with Crippen LogP contribution in [0.2, 0.25) is 0 Å². The molecule has 154 valence electrons. The number of nitrogens with one attached hydrogen (secondary N) is 1. The van der Waals surface area contributed by atoms with Crippen molar-refractivity contribution in [3.63, 3.8) is 0 Å². The normalized spacial score (nSPS) is 14.4. The molecule has 4 aromatic rings. The van der Waals surface area contributed by atoms with E-state index < -0.39 is 12.1 Å². The molecule has 1 aliphatic rings. The second-order valence-corrected chi connectivity index (χ2v) is 7.93. The third-order valence-corrected chi connectivity index (χ3v) is 5.58. The van der Waals surface area contributed by atoms with Gasteiger partial charge in [0.15, 0.2) is 6.10 Å². The van der Waals surface area contributed by atoms with Crippen molar-refractivity contribution in [1.29, 1.82) is 0 Å². The van der Waals surface area contributed by atoms with Gasteiger partial charge in [-0.1, -0.05) is 60.7 Å². The van der Waals surface area contributed by atoms with Crippen molar-refractivity contribution in [2.75, 3.05) is 0 Å². The third kappa shape index (κ3) is 3.87. The van der Waals surface area contributed by atoms with Gasteiger partial charge in [0.1, 0.15) is 0 Å². The topological polar surface area (TPSA) is 68.3 Å². The van der Waals surface area contributed by atoms with E-state index in [9.17, 15) is 9.59 Å². The maximum Gasteiger partial charge on any atom is 0.339 e. The number of para-hydroxylation sites is 1. The summed E-state index contributed by atoms with van der Waals surface area (Å²) < 4.78 is 5.53. The van der Waals surface area contributed by atoms with Gasteiger partial charge in [-0.05, 0) is 42.7 Å². The van der Waals surface area contributed by atoms with Crippen molar-refractivity contribution in [2.24, 2.45) is 0 Å². The van der Waals surface area contributed by atoms with Gasteiger partial charge in [-0.25, -0.2) is 9.78 Å². The van der Waals surface area contributed by atoms with Crippen LogP contribution in [0.25, 0.3) is 32.9 Å². The molecule has 0 bridgehead atoms. The summed E-state index contributed by atoms with van der Waals surface area (Å²) >= 11 is 0. The van der Waals surface area contributed by atoms with E-state index in [-0.39, 0.29) is 11.9 Å². The minimum atomic E-state index is -0.860. The number of aromatic nitrogens is 1. The fraction of sp³-hybridized carbons (Fsp3) is 0.192. The number of nitrogens with zero attached hydrogens (tertiary/aromatic N) is 1. The summed E-state index contributed by atoms with van der Waals surface area (Å²) in [6, 6.07) is 23.6. The molecule has 1 heterocycles. The van der Waals surface area contributed by atoms with Crippen LogP contribution in [0.15, 0.2) is 72.8 Å². The van der Waals surface area contributed by atoms with Crippen LogP contribution >= 0.6 is 0 Å². The fourth-order valence-corrected chi connectivity index (χ4v) is 3.75. The van der Waals surface area contributed by atoms with Crippen molar-refractivity contribution in [3.8, 4) is 11.3 Å². The first-order chi connectivity index (χ1) is 15.1. The highest BCUT2D eigenvalue weighted by Crippen LogP contribution is 2.31. The number of benzene rings is 3. The molecule has 1 N–H and O–H groups in total. The summed E-state index contributed by atoms with van der Waals surface area (Å²) in [4.78, 5) is 30.2. The molecule has 1 aromatic heterocycles. The monoisotopic (exact) mass is 410 g/mol. The van der Waals surface area contributed by atoms with E-state index in [0.717, 1.165) is 29.2 Å². The summed E-state index contributed by atoms with van der Waals surface area (Å²) in [5, 5.41) is 5.74. The number of carbonyl (C=O) groups is 2. The Morgan fingerprint density at radius 2 is 1.68 bits per heavy atom. The van der Waals surface area contributed by atoms with Crippen LogP contribution in [0, 0.1) is 0 Å². The second kappa shape index (κ2) is 7.84. The van der Waals surface area contributed by atoms with Crippen LogP contribution in [0.4, 0.5) is 0 Å². The first kappa shape index (κ1) is 19.2. The molecule has 1 saturated carbocycles. The van der Waals surface area contributed by atoms with Crippen molar-refractivity contribution in [2.45, 2.75) is 31.9 Å². The average molecular weight is 410 g/mol. The number of carbonyl (C=O) groups excluding carboxylic acids is 2. The molecule has 1 amide bonds. The number of hydrogen-bond donors (Lipinski definition) is 1. The number of fused-ring (bicyclic) bond motifs is 2. The Morgan fingerprint density at radius 1 is 0.968 bits per heavy atom. The van der Waals surface area contributed by atoms with Gasteiger partial charge in [-0.2, -0.15) is 0 Å². The summed E-state index contributed by atoms with van der Waals surface area (Å²) in [7, 11) is 0. The zero-order valence-electron chi connectivity index (χ0n) is 17.2. The number of pyridine rings is 1. The first-order valence-electron chi connectivity index (χ1n) is 10.5. The van der Waals surface area contributed by atoms with Gasteiger partial charge in [0, 0.05) is 17.0 Å². The largest absolute Gasteiger partial charge is 0.449 e. The van der Waals surface area contributed by atoms with Crippen LogP contribution in [0.5, 0.6) is 0 Å². The van der Waals surface area contributed by atoms with Crippen LogP contribution in [-0.2, 0) is 9.53 Å². The fourth-order valence-electron chi connectivity index (χ4n) is 3.75. The Labute approximate surface area is 180 Å². The van der Waals surface area contributed by atoms with Gasteiger partial charge in [-0.3, -0.25) is 4.79 Å². The van der Waals surface area contributed by atoms with Crippen LogP contribution < -0.4 is 5.32 Å². The van der Waals surface area contributed by atoms with E-state index in [0.29, 0.717) is 22.2 Å². The molecule has 1 fully saturated rings. The standard InChI is InChI=1S/C26H22N2O3/c1-16(25(29)27-18-13-14-18)31-26(30)22-15-24(28-23-12-5-4-10-21(22)23)20-11-6-8-17-7-2-3-9-19(17)20/h2-12,15-16,18H,13-14H2,1H3,(H,27,29)/t16-/m1/s1. The summed E-state index contributed by atoms with van der Waals surface area (Å²) in [5.41, 5.74) is 2.74. The quantitative estimate of drug-likeness (QED) is 0.476. The summed E-state index contributed by atoms with van der Waals surface area (Å²) in [6.07, 6.45) is 1.10. The Bertz CT molecular complexity index is 1310. The number of amides is 1. The predicted molar refractivity (Wildman–Crippen MR) is 121 cm³/mol. The third-order valence-electron chi connectivity index (χ3n) is 5.58. The van der Waals surface area contributed by atoms with Crippen molar-refractivity contribution < 1.29 is 14.3 Å². The van der Waals surface area contributed by atoms with E-state index in [1.807, 2.05) is 54.6 Å². The number of esters is 1. The lowest BCUT2D eigenvalue weighted by molar-refractivity contribution is -0.129. The SMILES string of the molecule is C[C@@H](OC(=O)c1cc(-c2cccc3ccccc23)nc2ccccc12)C(=O)NC1CC1. The Hall–Kier alpha value is -3.73. The van der Waals surface area contributed by atoms with Gasteiger partial charge in [0.25, 0.3) is 5.91 Å². The zero-order valence-corrected chi connectivity index (χ0v) is 17.2. The van der Waals surface area contributed by atoms with Gasteiger partial charge >= 0.3 is 5.97 Å². The summed E-state index contributed by atoms with van der Waals surface area (Å²) in [6.45, 7) is 1.60. The molecule has 5 heteroatoms. The molecular formula is C26H22N2O3. The average Bonchev–Trinajstić information content (AvgIpc) is 3.61. The van der Waals surface area contributed by atoms with E-state index in [1.165, 1.54) is 0 Å². The van der Waals surface area contributed by atoms with E-state index in [1.54, 1.807) is 13.0 Å². The van der Waals surface area contributed by atoms with E-state index >= 15 is 0 Å². The molecule has 0 saturated heterocycles. The maximum atomic E-state index is 13.1. The Balaban J connectivity index is 1.56. The molecule has 0 aliphatic heterocycles. The van der Waals surface area contributed by atoms with Crippen molar-refractivity contribution >= 4 is 33.6 Å². The minimum absolute atomic E-state index is 0.216. The molecule has 0 radical (unpaired) electrons. The van der Waals surface area contributed by atoms with Crippen molar-refractivity contribution in [3.05, 3.63) is 78.4 Å². The molecular weight excluding hydrogens is 388 g/mol. The zero-order chi connectivity index (χ0) is 21.4. The summed E-state index contributed by atoms with van der Waals surface area (Å²) in [5.74, 6) is -0.790. The molecule has 5 rings (SSSR count). The molecule has 31 heavy (non-hydrogen) atoms. The molecule has 1 aliphatic carbocycles.